The Balaban J connectivity index is 1.78. The van der Waals surface area contributed by atoms with Crippen LogP contribution >= 0.6 is 23.1 Å². The van der Waals surface area contributed by atoms with Crippen LogP contribution in [0.25, 0.3) is 15.9 Å². The van der Waals surface area contributed by atoms with E-state index in [-0.39, 0.29) is 17.5 Å². The number of rotatable bonds is 6. The van der Waals surface area contributed by atoms with Crippen LogP contribution in [0, 0.1) is 27.7 Å². The Morgan fingerprint density at radius 3 is 2.53 bits per heavy atom. The Bertz CT molecular complexity index is 1450. The van der Waals surface area contributed by atoms with E-state index >= 15 is 0 Å². The number of aryl methyl sites for hydroxylation is 3. The van der Waals surface area contributed by atoms with E-state index < -0.39 is 5.25 Å². The fourth-order valence-electron chi connectivity index (χ4n) is 3.81. The number of nitrogens with zero attached hydrogens (tertiary/aromatic N) is 4. The number of carbonyl (C=O) groups excluding carboxylic acids is 1. The summed E-state index contributed by atoms with van der Waals surface area (Å²) in [5.74, 6) is 0.472. The monoisotopic (exact) mass is 495 g/mol. The third-order valence-corrected chi connectivity index (χ3v) is 8.20. The van der Waals surface area contributed by atoms with Gasteiger partial charge < -0.3 is 5.32 Å². The standard InChI is InChI=1S/C25H29N5O2S2/c1-13(2)30-20(11-12-26-30)27-22(31)18(7)34-25-28-23-21(16(5)17(6)33-23)24(32)29(25)19-10-8-9-14(3)15(19)4/h8-13,18H,1-7H3,(H,27,31). The van der Waals surface area contributed by atoms with Gasteiger partial charge in [0.2, 0.25) is 5.91 Å². The average Bonchev–Trinajstić information content (AvgIpc) is 3.35. The van der Waals surface area contributed by atoms with Crippen molar-refractivity contribution in [3.63, 3.8) is 0 Å². The molecule has 0 saturated carbocycles. The topological polar surface area (TPSA) is 81.8 Å². The van der Waals surface area contributed by atoms with Crippen LogP contribution in [0.2, 0.25) is 0 Å². The van der Waals surface area contributed by atoms with Crippen LogP contribution in [0.5, 0.6) is 0 Å². The van der Waals surface area contributed by atoms with Crippen LogP contribution in [-0.2, 0) is 4.79 Å². The molecule has 4 aromatic rings. The lowest BCUT2D eigenvalue weighted by atomic mass is 10.1. The highest BCUT2D eigenvalue weighted by molar-refractivity contribution is 8.00. The number of benzene rings is 1. The predicted molar refractivity (Wildman–Crippen MR) is 141 cm³/mol. The van der Waals surface area contributed by atoms with Gasteiger partial charge in [-0.2, -0.15) is 5.10 Å². The van der Waals surface area contributed by atoms with Crippen molar-refractivity contribution >= 4 is 45.0 Å². The second-order valence-corrected chi connectivity index (χ2v) is 11.2. The van der Waals surface area contributed by atoms with Gasteiger partial charge in [0.15, 0.2) is 5.16 Å². The maximum atomic E-state index is 13.8. The number of fused-ring (bicyclic) bond motifs is 1. The van der Waals surface area contributed by atoms with E-state index in [1.165, 1.54) is 23.1 Å². The largest absolute Gasteiger partial charge is 0.310 e. The Kier molecular flexibility index (Phi) is 6.69. The molecule has 0 bridgehead atoms. The number of thioether (sulfide) groups is 1. The third-order valence-electron chi connectivity index (χ3n) is 6.05. The normalized spacial score (nSPS) is 12.5. The van der Waals surface area contributed by atoms with E-state index in [0.29, 0.717) is 21.2 Å². The lowest BCUT2D eigenvalue weighted by Crippen LogP contribution is -2.27. The molecule has 0 aliphatic heterocycles. The van der Waals surface area contributed by atoms with Crippen LogP contribution in [0.3, 0.4) is 0 Å². The number of hydrogen-bond acceptors (Lipinski definition) is 6. The van der Waals surface area contributed by atoms with Crippen molar-refractivity contribution in [3.05, 3.63) is 62.4 Å². The van der Waals surface area contributed by atoms with E-state index in [1.54, 1.807) is 21.5 Å². The van der Waals surface area contributed by atoms with Gasteiger partial charge in [0.1, 0.15) is 10.6 Å². The summed E-state index contributed by atoms with van der Waals surface area (Å²) in [6, 6.07) is 7.80. The first-order valence-corrected chi connectivity index (χ1v) is 12.9. The van der Waals surface area contributed by atoms with E-state index in [1.807, 2.05) is 66.7 Å². The summed E-state index contributed by atoms with van der Waals surface area (Å²) in [5, 5.41) is 7.91. The first kappa shape index (κ1) is 24.2. The first-order valence-electron chi connectivity index (χ1n) is 11.2. The molecule has 0 aliphatic carbocycles. The molecule has 1 atom stereocenters. The molecule has 0 spiro atoms. The molecule has 0 saturated heterocycles. The zero-order valence-corrected chi connectivity index (χ0v) is 22.1. The number of amides is 1. The van der Waals surface area contributed by atoms with E-state index in [4.69, 9.17) is 4.98 Å². The molecule has 1 amide bonds. The summed E-state index contributed by atoms with van der Waals surface area (Å²) in [6.07, 6.45) is 1.67. The molecule has 4 rings (SSSR count). The van der Waals surface area contributed by atoms with Crippen molar-refractivity contribution in [1.29, 1.82) is 0 Å². The highest BCUT2D eigenvalue weighted by Crippen LogP contribution is 2.32. The molecule has 7 nitrogen and oxygen atoms in total. The van der Waals surface area contributed by atoms with Crippen LogP contribution < -0.4 is 10.9 Å². The highest BCUT2D eigenvalue weighted by atomic mass is 32.2. The van der Waals surface area contributed by atoms with Crippen LogP contribution in [-0.4, -0.2) is 30.5 Å². The molecular formula is C25H29N5O2S2. The minimum absolute atomic E-state index is 0.103. The van der Waals surface area contributed by atoms with Gasteiger partial charge in [0.05, 0.1) is 22.5 Å². The SMILES string of the molecule is Cc1cccc(-n2c(SC(C)C(=O)Nc3ccnn3C(C)C)nc3sc(C)c(C)c3c2=O)c1C. The minimum atomic E-state index is -0.488. The van der Waals surface area contributed by atoms with E-state index in [2.05, 4.69) is 10.4 Å². The van der Waals surface area contributed by atoms with Crippen molar-refractivity contribution in [3.8, 4) is 5.69 Å². The van der Waals surface area contributed by atoms with Gasteiger partial charge in [0.25, 0.3) is 5.56 Å². The zero-order valence-electron chi connectivity index (χ0n) is 20.5. The van der Waals surface area contributed by atoms with E-state index in [0.717, 1.165) is 27.3 Å². The van der Waals surface area contributed by atoms with E-state index in [9.17, 15) is 9.59 Å². The van der Waals surface area contributed by atoms with Gasteiger partial charge in [0, 0.05) is 17.0 Å². The number of hydrogen-bond donors (Lipinski definition) is 1. The number of carbonyl (C=O) groups is 1. The molecule has 0 aliphatic rings. The maximum Gasteiger partial charge on any atom is 0.267 e. The lowest BCUT2D eigenvalue weighted by Gasteiger charge is -2.18. The van der Waals surface area contributed by atoms with Crippen molar-refractivity contribution in [2.45, 2.75) is 64.9 Å². The molecular weight excluding hydrogens is 466 g/mol. The van der Waals surface area contributed by atoms with Crippen LogP contribution in [0.1, 0.15) is 48.4 Å². The van der Waals surface area contributed by atoms with Gasteiger partial charge >= 0.3 is 0 Å². The van der Waals surface area contributed by atoms with Crippen molar-refractivity contribution in [1.82, 2.24) is 19.3 Å². The molecule has 1 N–H and O–H groups in total. The number of aromatic nitrogens is 4. The van der Waals surface area contributed by atoms with Gasteiger partial charge in [-0.05, 0) is 71.2 Å². The summed E-state index contributed by atoms with van der Waals surface area (Å²) in [7, 11) is 0. The molecule has 1 aromatic carbocycles. The van der Waals surface area contributed by atoms with Crippen LogP contribution in [0.4, 0.5) is 5.82 Å². The molecule has 1 unspecified atom stereocenters. The maximum absolute atomic E-state index is 13.8. The van der Waals surface area contributed by atoms with Crippen molar-refractivity contribution in [2.24, 2.45) is 0 Å². The van der Waals surface area contributed by atoms with Crippen molar-refractivity contribution in [2.75, 3.05) is 5.32 Å². The molecule has 9 heteroatoms. The lowest BCUT2D eigenvalue weighted by molar-refractivity contribution is -0.115. The number of thiophene rings is 1. The number of anilines is 1. The molecule has 0 fully saturated rings. The Labute approximate surface area is 207 Å². The third kappa shape index (κ3) is 4.30. The summed E-state index contributed by atoms with van der Waals surface area (Å²) in [6.45, 7) is 13.8. The molecule has 0 radical (unpaired) electrons. The van der Waals surface area contributed by atoms with Gasteiger partial charge in [-0.25, -0.2) is 9.67 Å². The van der Waals surface area contributed by atoms with Gasteiger partial charge in [-0.1, -0.05) is 23.9 Å². The molecule has 34 heavy (non-hydrogen) atoms. The minimum Gasteiger partial charge on any atom is -0.310 e. The second-order valence-electron chi connectivity index (χ2n) is 8.72. The highest BCUT2D eigenvalue weighted by Gasteiger charge is 2.24. The molecule has 3 aromatic heterocycles. The summed E-state index contributed by atoms with van der Waals surface area (Å²) in [4.78, 5) is 33.5. The Hall–Kier alpha value is -2.91. The van der Waals surface area contributed by atoms with Gasteiger partial charge in [-0.15, -0.1) is 11.3 Å². The summed E-state index contributed by atoms with van der Waals surface area (Å²) >= 11 is 2.80. The smallest absolute Gasteiger partial charge is 0.267 e. The summed E-state index contributed by atoms with van der Waals surface area (Å²) < 4.78 is 3.43. The Morgan fingerprint density at radius 1 is 1.09 bits per heavy atom. The second kappa shape index (κ2) is 9.38. The Morgan fingerprint density at radius 2 is 1.82 bits per heavy atom. The predicted octanol–water partition coefficient (Wildman–Crippen LogP) is 5.58. The fraction of sp³-hybridized carbons (Fsp3) is 0.360. The molecule has 178 valence electrons. The average molecular weight is 496 g/mol. The summed E-state index contributed by atoms with van der Waals surface area (Å²) in [5.41, 5.74) is 3.74. The molecule has 3 heterocycles. The number of nitrogens with one attached hydrogen (secondary N) is 1. The van der Waals surface area contributed by atoms with Crippen LogP contribution in [0.15, 0.2) is 40.4 Å². The zero-order chi connectivity index (χ0) is 24.7. The quantitative estimate of drug-likeness (QED) is 0.279. The van der Waals surface area contributed by atoms with Crippen molar-refractivity contribution < 1.29 is 4.79 Å². The van der Waals surface area contributed by atoms with Gasteiger partial charge in [-0.3, -0.25) is 14.2 Å². The first-order chi connectivity index (χ1) is 16.1. The fourth-order valence-corrected chi connectivity index (χ4v) is 5.80.